The molecule has 2 saturated heterocycles. The maximum atomic E-state index is 6.07. The highest BCUT2D eigenvalue weighted by Gasteiger charge is 2.34. The van der Waals surface area contributed by atoms with Crippen LogP contribution < -0.4 is 5.73 Å². The Morgan fingerprint density at radius 1 is 1.30 bits per heavy atom. The predicted octanol–water partition coefficient (Wildman–Crippen LogP) is 2.84. The molecule has 2 fully saturated rings. The summed E-state index contributed by atoms with van der Waals surface area (Å²) in [5.41, 5.74) is 8.10. The molecule has 0 aromatic heterocycles. The largest absolute Gasteiger partial charge is 0.398 e. The summed E-state index contributed by atoms with van der Waals surface area (Å²) in [5.74, 6) is 0.830. The van der Waals surface area contributed by atoms with Gasteiger partial charge in [-0.2, -0.15) is 0 Å². The molecule has 0 bridgehead atoms. The first-order chi connectivity index (χ1) is 9.63. The number of hydrogen-bond donors (Lipinski definition) is 1. The second-order valence-corrected chi connectivity index (χ2v) is 6.75. The fraction of sp³-hybridized carbons (Fsp3) is 0.625. The SMILES string of the molecule is CN1CCCC2CN(Cc3ccc(Cl)cc3N)CCC21. The molecule has 0 radical (unpaired) electrons. The highest BCUT2D eigenvalue weighted by atomic mass is 35.5. The van der Waals surface area contributed by atoms with Gasteiger partial charge in [-0.3, -0.25) is 4.90 Å². The number of hydrogen-bond acceptors (Lipinski definition) is 3. The molecule has 4 heteroatoms. The Morgan fingerprint density at radius 3 is 2.95 bits per heavy atom. The van der Waals surface area contributed by atoms with Gasteiger partial charge in [-0.15, -0.1) is 0 Å². The number of likely N-dealkylation sites (tertiary alicyclic amines) is 2. The molecule has 2 N–H and O–H groups in total. The van der Waals surface area contributed by atoms with E-state index in [9.17, 15) is 0 Å². The highest BCUT2D eigenvalue weighted by Crippen LogP contribution is 2.30. The van der Waals surface area contributed by atoms with Crippen LogP contribution in [0.1, 0.15) is 24.8 Å². The summed E-state index contributed by atoms with van der Waals surface area (Å²) in [6, 6.07) is 6.66. The van der Waals surface area contributed by atoms with Crippen LogP contribution in [0.4, 0.5) is 5.69 Å². The van der Waals surface area contributed by atoms with Crippen LogP contribution in [0.3, 0.4) is 0 Å². The van der Waals surface area contributed by atoms with E-state index < -0.39 is 0 Å². The van der Waals surface area contributed by atoms with Crippen molar-refractivity contribution in [2.75, 3.05) is 32.4 Å². The van der Waals surface area contributed by atoms with E-state index in [1.807, 2.05) is 12.1 Å². The van der Waals surface area contributed by atoms with Gasteiger partial charge in [0.15, 0.2) is 0 Å². The van der Waals surface area contributed by atoms with Gasteiger partial charge in [-0.05, 0) is 63.0 Å². The fourth-order valence-electron chi connectivity index (χ4n) is 3.82. The molecule has 3 nitrogen and oxygen atoms in total. The first-order valence-electron chi connectivity index (χ1n) is 7.60. The molecule has 2 unspecified atom stereocenters. The predicted molar refractivity (Wildman–Crippen MR) is 84.9 cm³/mol. The zero-order valence-corrected chi connectivity index (χ0v) is 12.9. The quantitative estimate of drug-likeness (QED) is 0.851. The molecule has 110 valence electrons. The second kappa shape index (κ2) is 5.92. The molecule has 0 aliphatic carbocycles. The molecular formula is C16H24ClN3. The summed E-state index contributed by atoms with van der Waals surface area (Å²) in [6.45, 7) is 4.60. The summed E-state index contributed by atoms with van der Waals surface area (Å²) >= 11 is 5.97. The van der Waals surface area contributed by atoms with Gasteiger partial charge in [0.05, 0.1) is 0 Å². The van der Waals surface area contributed by atoms with E-state index in [0.717, 1.165) is 29.2 Å². The molecule has 2 aliphatic heterocycles. The topological polar surface area (TPSA) is 32.5 Å². The van der Waals surface area contributed by atoms with Crippen LogP contribution in [-0.2, 0) is 6.54 Å². The smallest absolute Gasteiger partial charge is 0.0426 e. The van der Waals surface area contributed by atoms with Crippen LogP contribution in [0.5, 0.6) is 0 Å². The summed E-state index contributed by atoms with van der Waals surface area (Å²) in [5, 5.41) is 0.721. The van der Waals surface area contributed by atoms with Gasteiger partial charge in [0.1, 0.15) is 0 Å². The monoisotopic (exact) mass is 293 g/mol. The standard InChI is InChI=1S/C16H24ClN3/c1-19-7-2-3-13-11-20(8-6-16(13)19)10-12-4-5-14(17)9-15(12)18/h4-5,9,13,16H,2-3,6-8,10-11,18H2,1H3. The minimum Gasteiger partial charge on any atom is -0.398 e. The van der Waals surface area contributed by atoms with Gasteiger partial charge in [0, 0.05) is 29.8 Å². The molecule has 20 heavy (non-hydrogen) atoms. The molecule has 3 rings (SSSR count). The van der Waals surface area contributed by atoms with Crippen molar-refractivity contribution in [3.63, 3.8) is 0 Å². The van der Waals surface area contributed by atoms with Crippen molar-refractivity contribution >= 4 is 17.3 Å². The van der Waals surface area contributed by atoms with Gasteiger partial charge in [0.25, 0.3) is 0 Å². The van der Waals surface area contributed by atoms with Crippen molar-refractivity contribution in [3.8, 4) is 0 Å². The lowest BCUT2D eigenvalue weighted by Crippen LogP contribution is -2.52. The Hall–Kier alpha value is -0.770. The van der Waals surface area contributed by atoms with E-state index in [0.29, 0.717) is 0 Å². The number of anilines is 1. The van der Waals surface area contributed by atoms with Crippen LogP contribution in [0.2, 0.25) is 5.02 Å². The van der Waals surface area contributed by atoms with Crippen LogP contribution in [0.15, 0.2) is 18.2 Å². The van der Waals surface area contributed by atoms with Crippen molar-refractivity contribution in [2.45, 2.75) is 31.8 Å². The van der Waals surface area contributed by atoms with Gasteiger partial charge in [-0.25, -0.2) is 0 Å². The first kappa shape index (κ1) is 14.2. The molecule has 2 atom stereocenters. The van der Waals surface area contributed by atoms with Crippen molar-refractivity contribution in [3.05, 3.63) is 28.8 Å². The first-order valence-corrected chi connectivity index (χ1v) is 7.98. The third-order valence-corrected chi connectivity index (χ3v) is 5.17. The van der Waals surface area contributed by atoms with E-state index in [1.54, 1.807) is 0 Å². The molecule has 0 spiro atoms. The second-order valence-electron chi connectivity index (χ2n) is 6.32. The lowest BCUT2D eigenvalue weighted by atomic mass is 9.84. The Morgan fingerprint density at radius 2 is 2.15 bits per heavy atom. The van der Waals surface area contributed by atoms with Gasteiger partial charge < -0.3 is 10.6 Å². The summed E-state index contributed by atoms with van der Waals surface area (Å²) in [4.78, 5) is 5.11. The van der Waals surface area contributed by atoms with Crippen molar-refractivity contribution in [1.29, 1.82) is 0 Å². The number of piperidine rings is 2. The maximum Gasteiger partial charge on any atom is 0.0426 e. The van der Waals surface area contributed by atoms with E-state index >= 15 is 0 Å². The summed E-state index contributed by atoms with van der Waals surface area (Å²) in [7, 11) is 2.28. The molecule has 0 saturated carbocycles. The Kier molecular flexibility index (Phi) is 4.20. The lowest BCUT2D eigenvalue weighted by molar-refractivity contribution is 0.0355. The summed E-state index contributed by atoms with van der Waals surface area (Å²) in [6.07, 6.45) is 4.00. The van der Waals surface area contributed by atoms with Crippen molar-refractivity contribution in [1.82, 2.24) is 9.80 Å². The molecule has 2 aliphatic rings. The fourth-order valence-corrected chi connectivity index (χ4v) is 4.00. The average Bonchev–Trinajstić information content (AvgIpc) is 2.42. The van der Waals surface area contributed by atoms with Gasteiger partial charge in [0.2, 0.25) is 0 Å². The maximum absolute atomic E-state index is 6.07. The normalized spacial score (nSPS) is 28.3. The number of fused-ring (bicyclic) bond motifs is 1. The van der Waals surface area contributed by atoms with Crippen LogP contribution in [-0.4, -0.2) is 42.5 Å². The van der Waals surface area contributed by atoms with Crippen LogP contribution >= 0.6 is 11.6 Å². The molecular weight excluding hydrogens is 270 g/mol. The molecule has 1 aromatic rings. The zero-order chi connectivity index (χ0) is 14.1. The zero-order valence-electron chi connectivity index (χ0n) is 12.2. The lowest BCUT2D eigenvalue weighted by Gasteiger charge is -2.46. The molecule has 2 heterocycles. The third kappa shape index (κ3) is 2.95. The van der Waals surface area contributed by atoms with E-state index in [1.165, 1.54) is 44.5 Å². The van der Waals surface area contributed by atoms with Crippen molar-refractivity contribution < 1.29 is 0 Å². The van der Waals surface area contributed by atoms with Crippen LogP contribution in [0, 0.1) is 5.92 Å². The van der Waals surface area contributed by atoms with Crippen molar-refractivity contribution in [2.24, 2.45) is 5.92 Å². The third-order valence-electron chi connectivity index (χ3n) is 4.93. The number of nitrogens with zero attached hydrogens (tertiary/aromatic N) is 2. The highest BCUT2D eigenvalue weighted by molar-refractivity contribution is 6.30. The Bertz CT molecular complexity index is 477. The van der Waals surface area contributed by atoms with Gasteiger partial charge >= 0.3 is 0 Å². The average molecular weight is 294 g/mol. The van der Waals surface area contributed by atoms with Gasteiger partial charge in [-0.1, -0.05) is 17.7 Å². The molecule has 0 amide bonds. The van der Waals surface area contributed by atoms with E-state index in [2.05, 4.69) is 22.9 Å². The number of benzene rings is 1. The minimum absolute atomic E-state index is 0.721. The minimum atomic E-state index is 0.721. The number of halogens is 1. The number of nitrogen functional groups attached to an aromatic ring is 1. The van der Waals surface area contributed by atoms with E-state index in [4.69, 9.17) is 17.3 Å². The molecule has 1 aromatic carbocycles. The number of rotatable bonds is 2. The van der Waals surface area contributed by atoms with E-state index in [-0.39, 0.29) is 0 Å². The Labute approximate surface area is 126 Å². The number of nitrogens with two attached hydrogens (primary N) is 1. The Balaban J connectivity index is 1.64. The van der Waals surface area contributed by atoms with Crippen LogP contribution in [0.25, 0.3) is 0 Å². The summed E-state index contributed by atoms with van der Waals surface area (Å²) < 4.78 is 0.